The van der Waals surface area contributed by atoms with Crippen LogP contribution in [0, 0.1) is 0 Å². The molecular formula is H8NO6PSSi. The van der Waals surface area contributed by atoms with E-state index >= 15 is 0 Å². The van der Waals surface area contributed by atoms with Crippen molar-refractivity contribution in [2.24, 2.45) is 5.50 Å². The minimum absolute atomic E-state index is 0. The fraction of sp³-hybridized carbons (Fsp3) is 0. The summed E-state index contributed by atoms with van der Waals surface area (Å²) in [5.74, 6) is 0. The van der Waals surface area contributed by atoms with Gasteiger partial charge >= 0.3 is 18.1 Å². The van der Waals surface area contributed by atoms with E-state index in [1.165, 1.54) is 0 Å². The summed E-state index contributed by atoms with van der Waals surface area (Å²) in [6.07, 6.45) is 0. The highest BCUT2D eigenvalue weighted by Crippen LogP contribution is 2.32. The van der Waals surface area contributed by atoms with Crippen molar-refractivity contribution in [2.45, 2.75) is 0 Å². The quantitative estimate of drug-likeness (QED) is 0.259. The van der Waals surface area contributed by atoms with Gasteiger partial charge in [-0.1, -0.05) is 0 Å². The van der Waals surface area contributed by atoms with Gasteiger partial charge in [0.25, 0.3) is 0 Å². The van der Waals surface area contributed by atoms with E-state index in [2.05, 4.69) is 9.47 Å². The van der Waals surface area contributed by atoms with Crippen LogP contribution < -0.4 is 5.50 Å². The topological polar surface area (TPSA) is 127 Å². The maximum Gasteiger partial charge on any atom is 0.416 e. The lowest BCUT2D eigenvalue weighted by Gasteiger charge is -1.99. The van der Waals surface area contributed by atoms with Crippen LogP contribution >= 0.6 is 7.75 Å². The predicted molar refractivity (Wildman–Crippen MR) is 38.0 cm³/mol. The molecule has 0 rings (SSSR count). The second kappa shape index (κ2) is 3.58. The maximum atomic E-state index is 9.80. The van der Waals surface area contributed by atoms with Crippen molar-refractivity contribution in [3.05, 3.63) is 0 Å². The summed E-state index contributed by atoms with van der Waals surface area (Å²) < 4.78 is 39.7. The Bertz CT molecular complexity index is 224. The van der Waals surface area contributed by atoms with Gasteiger partial charge in [0.05, 0.1) is 0 Å². The van der Waals surface area contributed by atoms with Crippen molar-refractivity contribution < 1.29 is 26.4 Å². The van der Waals surface area contributed by atoms with Gasteiger partial charge in [-0.25, -0.2) is 10.1 Å². The molecule has 0 saturated carbocycles. The van der Waals surface area contributed by atoms with E-state index < -0.39 is 18.1 Å². The van der Waals surface area contributed by atoms with Crippen LogP contribution in [-0.4, -0.2) is 28.8 Å². The summed E-state index contributed by atoms with van der Waals surface area (Å²) >= 11 is 0. The van der Waals surface area contributed by atoms with Crippen LogP contribution in [0.2, 0.25) is 0 Å². The van der Waals surface area contributed by atoms with Crippen molar-refractivity contribution in [1.82, 2.24) is 0 Å². The monoisotopic (exact) mass is 209 g/mol. The van der Waals surface area contributed by atoms with E-state index in [9.17, 15) is 13.0 Å². The lowest BCUT2D eigenvalue weighted by molar-refractivity contribution is 0.339. The third kappa shape index (κ3) is 11.1. The minimum Gasteiger partial charge on any atom is -0.312 e. The van der Waals surface area contributed by atoms with Gasteiger partial charge in [0.15, 0.2) is 0 Å². The van der Waals surface area contributed by atoms with Gasteiger partial charge in [-0.05, 0) is 11.0 Å². The fourth-order valence-corrected chi connectivity index (χ4v) is 1.21. The molecule has 0 radical (unpaired) electrons. The van der Waals surface area contributed by atoms with E-state index in [1.807, 2.05) is 0 Å². The summed E-state index contributed by atoms with van der Waals surface area (Å²) in [6.45, 7) is 0. The third-order valence-corrected chi connectivity index (χ3v) is 1.81. The van der Waals surface area contributed by atoms with Crippen LogP contribution in [-0.2, 0) is 18.9 Å². The SMILES string of the molecule is NP(=O)(O)OS(=O)(=O)O.[SiH4]. The largest absolute Gasteiger partial charge is 0.416 e. The van der Waals surface area contributed by atoms with Gasteiger partial charge in [0.1, 0.15) is 0 Å². The van der Waals surface area contributed by atoms with Crippen molar-refractivity contribution in [1.29, 1.82) is 0 Å². The number of nitrogens with two attached hydrogens (primary N) is 1. The summed E-state index contributed by atoms with van der Waals surface area (Å²) in [5, 5.41) is 0. The molecule has 0 aliphatic carbocycles. The zero-order chi connectivity index (χ0) is 7.71. The first kappa shape index (κ1) is 12.9. The Morgan fingerprint density at radius 3 is 1.80 bits per heavy atom. The summed E-state index contributed by atoms with van der Waals surface area (Å²) in [7, 11) is -9.55. The molecule has 0 fully saturated rings. The van der Waals surface area contributed by atoms with Crippen molar-refractivity contribution >= 4 is 29.1 Å². The highest BCUT2D eigenvalue weighted by molar-refractivity contribution is 7.85. The molecule has 0 aromatic carbocycles. The van der Waals surface area contributed by atoms with E-state index in [4.69, 9.17) is 9.45 Å². The average molecular weight is 209 g/mol. The van der Waals surface area contributed by atoms with Crippen molar-refractivity contribution in [3.63, 3.8) is 0 Å². The molecule has 0 spiro atoms. The van der Waals surface area contributed by atoms with E-state index in [-0.39, 0.29) is 11.0 Å². The van der Waals surface area contributed by atoms with Crippen molar-refractivity contribution in [3.8, 4) is 0 Å². The molecule has 7 nitrogen and oxygen atoms in total. The van der Waals surface area contributed by atoms with Gasteiger partial charge < -0.3 is 4.89 Å². The zero-order valence-corrected chi connectivity index (χ0v) is 5.67. The predicted octanol–water partition coefficient (Wildman–Crippen LogP) is -2.59. The van der Waals surface area contributed by atoms with Gasteiger partial charge in [-0.3, -0.25) is 4.55 Å². The first-order chi connectivity index (χ1) is 3.71. The first-order valence-corrected chi connectivity index (χ1v) is 4.52. The molecule has 0 heterocycles. The van der Waals surface area contributed by atoms with Crippen LogP contribution in [0.15, 0.2) is 0 Å². The Morgan fingerprint density at radius 1 is 1.50 bits per heavy atom. The van der Waals surface area contributed by atoms with E-state index in [0.717, 1.165) is 0 Å². The normalized spacial score (nSPS) is 17.1. The van der Waals surface area contributed by atoms with Crippen LogP contribution in [0.5, 0.6) is 0 Å². The number of rotatable bonds is 2. The van der Waals surface area contributed by atoms with Gasteiger partial charge in [0.2, 0.25) is 0 Å². The molecule has 0 aliphatic rings. The third-order valence-electron chi connectivity index (χ3n) is 0.201. The second-order valence-corrected chi connectivity index (χ2v) is 3.65. The van der Waals surface area contributed by atoms with E-state index in [0.29, 0.717) is 0 Å². The van der Waals surface area contributed by atoms with Gasteiger partial charge in [-0.15, -0.1) is 0 Å². The van der Waals surface area contributed by atoms with Crippen LogP contribution in [0.3, 0.4) is 0 Å². The number of hydrogen-bond acceptors (Lipinski definition) is 4. The minimum atomic E-state index is -4.92. The Kier molecular flexibility index (Phi) is 4.60. The highest BCUT2D eigenvalue weighted by Gasteiger charge is 2.20. The lowest BCUT2D eigenvalue weighted by Crippen LogP contribution is -2.05. The Labute approximate surface area is 61.8 Å². The zero-order valence-electron chi connectivity index (χ0n) is 3.96. The number of hydrogen-bond donors (Lipinski definition) is 3. The molecule has 1 atom stereocenters. The standard InChI is InChI=1S/H4NO6PS.H4Si/c1-8(2,3)7-9(4,5)6;/h(H3,1,2,3)(H,4,5,6);1H4. The Hall–Kier alpha value is 0.237. The molecule has 0 aromatic rings. The van der Waals surface area contributed by atoms with Gasteiger partial charge in [-0.2, -0.15) is 12.4 Å². The Balaban J connectivity index is 0. The summed E-state index contributed by atoms with van der Waals surface area (Å²) in [5.41, 5.74) is 4.17. The smallest absolute Gasteiger partial charge is 0.312 e. The summed E-state index contributed by atoms with van der Waals surface area (Å²) in [4.78, 5) is 7.93. The molecule has 1 unspecified atom stereocenters. The summed E-state index contributed by atoms with van der Waals surface area (Å²) in [6, 6.07) is 0. The maximum absolute atomic E-state index is 9.80. The molecular weight excluding hydrogens is 201 g/mol. The lowest BCUT2D eigenvalue weighted by atomic mass is 13.9. The molecule has 64 valence electrons. The average Bonchev–Trinajstić information content (AvgIpc) is 1.14. The Morgan fingerprint density at radius 2 is 1.80 bits per heavy atom. The first-order valence-electron chi connectivity index (χ1n) is 1.51. The second-order valence-electron chi connectivity index (χ2n) is 1.07. The molecule has 10 heavy (non-hydrogen) atoms. The van der Waals surface area contributed by atoms with Gasteiger partial charge in [0, 0.05) is 0 Å². The van der Waals surface area contributed by atoms with Crippen molar-refractivity contribution in [2.75, 3.05) is 0 Å². The molecule has 10 heteroatoms. The molecule has 4 N–H and O–H groups in total. The highest BCUT2D eigenvalue weighted by atomic mass is 32.3. The molecule has 0 bridgehead atoms. The molecule has 0 saturated heterocycles. The van der Waals surface area contributed by atoms with E-state index in [1.54, 1.807) is 0 Å². The molecule has 0 aromatic heterocycles. The molecule has 0 amide bonds. The van der Waals surface area contributed by atoms with Crippen LogP contribution in [0.1, 0.15) is 0 Å². The molecule has 0 aliphatic heterocycles. The van der Waals surface area contributed by atoms with Crippen LogP contribution in [0.4, 0.5) is 0 Å². The fourth-order valence-electron chi connectivity index (χ4n) is 0.135. The van der Waals surface area contributed by atoms with Crippen LogP contribution in [0.25, 0.3) is 0 Å².